The van der Waals surface area contributed by atoms with Gasteiger partial charge < -0.3 is 15.0 Å². The van der Waals surface area contributed by atoms with E-state index in [1.165, 1.54) is 17.8 Å². The van der Waals surface area contributed by atoms with Gasteiger partial charge in [0.1, 0.15) is 11.7 Å². The van der Waals surface area contributed by atoms with Gasteiger partial charge in [-0.05, 0) is 32.8 Å². The highest BCUT2D eigenvalue weighted by molar-refractivity contribution is 6.03. The van der Waals surface area contributed by atoms with Crippen LogP contribution in [0, 0.1) is 0 Å². The van der Waals surface area contributed by atoms with Gasteiger partial charge in [-0.2, -0.15) is 23.4 Å². The highest BCUT2D eigenvalue weighted by Gasteiger charge is 2.39. The molecule has 9 nitrogen and oxygen atoms in total. The molecule has 2 fully saturated rings. The van der Waals surface area contributed by atoms with Crippen LogP contribution in [-0.4, -0.2) is 62.6 Å². The Bertz CT molecular complexity index is 1000. The molecule has 3 heterocycles. The molecule has 2 aromatic heterocycles. The molecule has 0 radical (unpaired) electrons. The summed E-state index contributed by atoms with van der Waals surface area (Å²) in [5.74, 6) is -0.890. The van der Waals surface area contributed by atoms with Crippen molar-refractivity contribution in [3.63, 3.8) is 0 Å². The number of ether oxygens (including phenoxy) is 1. The SMILES string of the molecule is CCn1ncc(NC(=O)C(C)n2nc(C(F)(F)F)cc2C2CC2)c1C(=O)N1CCOCC1. The molecule has 1 atom stereocenters. The summed E-state index contributed by atoms with van der Waals surface area (Å²) in [6, 6.07) is 0.0160. The van der Waals surface area contributed by atoms with Gasteiger partial charge in [0, 0.05) is 31.2 Å². The van der Waals surface area contributed by atoms with Crippen LogP contribution in [0.25, 0.3) is 0 Å². The molecule has 1 N–H and O–H groups in total. The number of morpholine rings is 1. The molecular formula is C20H25F3N6O3. The Morgan fingerprint density at radius 3 is 2.56 bits per heavy atom. The van der Waals surface area contributed by atoms with Crippen molar-refractivity contribution in [2.24, 2.45) is 0 Å². The normalized spacial score (nSPS) is 18.0. The van der Waals surface area contributed by atoms with Crippen molar-refractivity contribution in [3.05, 3.63) is 29.3 Å². The lowest BCUT2D eigenvalue weighted by molar-refractivity contribution is -0.141. The van der Waals surface area contributed by atoms with E-state index in [0.717, 1.165) is 23.6 Å². The van der Waals surface area contributed by atoms with Crippen molar-refractivity contribution in [3.8, 4) is 0 Å². The minimum atomic E-state index is -4.59. The largest absolute Gasteiger partial charge is 0.435 e. The Balaban J connectivity index is 1.58. The second-order valence-corrected chi connectivity index (χ2v) is 7.96. The van der Waals surface area contributed by atoms with Gasteiger partial charge in [0.05, 0.1) is 25.1 Å². The zero-order chi connectivity index (χ0) is 23.0. The average molecular weight is 454 g/mol. The van der Waals surface area contributed by atoms with Crippen molar-refractivity contribution in [2.45, 2.75) is 51.4 Å². The van der Waals surface area contributed by atoms with Gasteiger partial charge in [0.15, 0.2) is 5.69 Å². The molecule has 174 valence electrons. The second kappa shape index (κ2) is 8.57. The Hall–Kier alpha value is -2.89. The Labute approximate surface area is 182 Å². The molecule has 1 saturated heterocycles. The molecule has 2 aliphatic rings. The van der Waals surface area contributed by atoms with Crippen molar-refractivity contribution in [1.29, 1.82) is 0 Å². The summed E-state index contributed by atoms with van der Waals surface area (Å²) in [7, 11) is 0. The van der Waals surface area contributed by atoms with Crippen LogP contribution in [-0.2, 0) is 22.3 Å². The van der Waals surface area contributed by atoms with Crippen LogP contribution in [0.2, 0.25) is 0 Å². The summed E-state index contributed by atoms with van der Waals surface area (Å²) in [4.78, 5) is 27.7. The molecule has 1 aliphatic carbocycles. The quantitative estimate of drug-likeness (QED) is 0.724. The monoisotopic (exact) mass is 454 g/mol. The summed E-state index contributed by atoms with van der Waals surface area (Å²) in [5.41, 5.74) is -0.167. The molecular weight excluding hydrogens is 429 g/mol. The molecule has 0 bridgehead atoms. The van der Waals surface area contributed by atoms with E-state index in [4.69, 9.17) is 4.74 Å². The molecule has 2 aromatic rings. The molecule has 1 saturated carbocycles. The number of alkyl halides is 3. The van der Waals surface area contributed by atoms with E-state index >= 15 is 0 Å². The molecule has 1 aliphatic heterocycles. The number of nitrogens with zero attached hydrogens (tertiary/aromatic N) is 5. The van der Waals surface area contributed by atoms with E-state index in [-0.39, 0.29) is 23.2 Å². The number of nitrogens with one attached hydrogen (secondary N) is 1. The maximum atomic E-state index is 13.2. The number of amides is 2. The first-order chi connectivity index (χ1) is 15.2. The number of halogens is 3. The summed E-state index contributed by atoms with van der Waals surface area (Å²) >= 11 is 0. The molecule has 32 heavy (non-hydrogen) atoms. The fourth-order valence-corrected chi connectivity index (χ4v) is 3.75. The van der Waals surface area contributed by atoms with Crippen LogP contribution in [0.3, 0.4) is 0 Å². The van der Waals surface area contributed by atoms with Crippen molar-refractivity contribution >= 4 is 17.5 Å². The minimum absolute atomic E-state index is 0.0323. The number of carbonyl (C=O) groups is 2. The van der Waals surface area contributed by atoms with E-state index in [1.807, 2.05) is 6.92 Å². The Morgan fingerprint density at radius 1 is 1.28 bits per heavy atom. The molecule has 0 spiro atoms. The summed E-state index contributed by atoms with van der Waals surface area (Å²) in [5, 5.41) is 10.5. The van der Waals surface area contributed by atoms with Gasteiger partial charge >= 0.3 is 6.18 Å². The average Bonchev–Trinajstić information content (AvgIpc) is 3.38. The number of anilines is 1. The van der Waals surface area contributed by atoms with E-state index in [2.05, 4.69) is 15.5 Å². The third-order valence-electron chi connectivity index (χ3n) is 5.69. The van der Waals surface area contributed by atoms with Crippen LogP contribution < -0.4 is 5.32 Å². The van der Waals surface area contributed by atoms with Crippen LogP contribution in [0.15, 0.2) is 12.3 Å². The van der Waals surface area contributed by atoms with Gasteiger partial charge in [-0.3, -0.25) is 19.0 Å². The maximum Gasteiger partial charge on any atom is 0.435 e. The van der Waals surface area contributed by atoms with Gasteiger partial charge in [0.2, 0.25) is 5.91 Å². The third-order valence-corrected chi connectivity index (χ3v) is 5.69. The topological polar surface area (TPSA) is 94.3 Å². The number of aromatic nitrogens is 4. The van der Waals surface area contributed by atoms with E-state index < -0.39 is 23.8 Å². The van der Waals surface area contributed by atoms with Crippen molar-refractivity contribution in [2.75, 3.05) is 31.6 Å². The van der Waals surface area contributed by atoms with Gasteiger partial charge in [-0.1, -0.05) is 0 Å². The molecule has 4 rings (SSSR count). The predicted octanol–water partition coefficient (Wildman–Crippen LogP) is 2.67. The third kappa shape index (κ3) is 4.36. The zero-order valence-electron chi connectivity index (χ0n) is 17.9. The fraction of sp³-hybridized carbons (Fsp3) is 0.600. The Kier molecular flexibility index (Phi) is 5.97. The predicted molar refractivity (Wildman–Crippen MR) is 107 cm³/mol. The molecule has 2 amide bonds. The first kappa shape index (κ1) is 22.3. The van der Waals surface area contributed by atoms with E-state index in [9.17, 15) is 22.8 Å². The number of hydrogen-bond acceptors (Lipinski definition) is 5. The van der Waals surface area contributed by atoms with Crippen molar-refractivity contribution < 1.29 is 27.5 Å². The summed E-state index contributed by atoms with van der Waals surface area (Å²) in [6.07, 6.45) is -1.68. The lowest BCUT2D eigenvalue weighted by atomic mass is 10.2. The van der Waals surface area contributed by atoms with Crippen LogP contribution in [0.4, 0.5) is 18.9 Å². The highest BCUT2D eigenvalue weighted by Crippen LogP contribution is 2.43. The maximum absolute atomic E-state index is 13.2. The first-order valence-corrected chi connectivity index (χ1v) is 10.6. The lowest BCUT2D eigenvalue weighted by Gasteiger charge is -2.27. The lowest BCUT2D eigenvalue weighted by Crippen LogP contribution is -2.42. The minimum Gasteiger partial charge on any atom is -0.378 e. The molecule has 0 aromatic carbocycles. The van der Waals surface area contributed by atoms with E-state index in [0.29, 0.717) is 38.5 Å². The zero-order valence-corrected chi connectivity index (χ0v) is 17.9. The second-order valence-electron chi connectivity index (χ2n) is 7.96. The fourth-order valence-electron chi connectivity index (χ4n) is 3.75. The standard InChI is InChI=1S/C20H25F3N6O3/c1-3-28-17(19(31)27-6-8-32-9-7-27)14(11-24-28)25-18(30)12(2)29-15(13-4-5-13)10-16(26-29)20(21,22)23/h10-13H,3-9H2,1-2H3,(H,25,30). The number of rotatable bonds is 6. The number of carbonyl (C=O) groups excluding carboxylic acids is 2. The molecule has 1 unspecified atom stereocenters. The summed E-state index contributed by atoms with van der Waals surface area (Å²) < 4.78 is 47.5. The summed E-state index contributed by atoms with van der Waals surface area (Å²) in [6.45, 7) is 5.43. The van der Waals surface area contributed by atoms with Crippen LogP contribution in [0.5, 0.6) is 0 Å². The van der Waals surface area contributed by atoms with Crippen molar-refractivity contribution in [1.82, 2.24) is 24.5 Å². The molecule has 12 heteroatoms. The number of aryl methyl sites for hydroxylation is 1. The van der Waals surface area contributed by atoms with E-state index in [1.54, 1.807) is 4.90 Å². The van der Waals surface area contributed by atoms with Crippen LogP contribution in [0.1, 0.15) is 60.5 Å². The highest BCUT2D eigenvalue weighted by atomic mass is 19.4. The van der Waals surface area contributed by atoms with Gasteiger partial charge in [-0.15, -0.1) is 0 Å². The first-order valence-electron chi connectivity index (χ1n) is 10.6. The van der Waals surface area contributed by atoms with Gasteiger partial charge in [0.25, 0.3) is 5.91 Å². The van der Waals surface area contributed by atoms with Crippen LogP contribution >= 0.6 is 0 Å². The van der Waals surface area contributed by atoms with Gasteiger partial charge in [-0.25, -0.2) is 0 Å². The number of hydrogen-bond donors (Lipinski definition) is 1. The Morgan fingerprint density at radius 2 is 1.97 bits per heavy atom. The smallest absolute Gasteiger partial charge is 0.378 e.